The molecule has 208 valence electrons. The molecule has 0 N–H and O–H groups in total. The quantitative estimate of drug-likeness (QED) is 0.311. The van der Waals surface area contributed by atoms with E-state index in [0.717, 1.165) is 17.3 Å². The van der Waals surface area contributed by atoms with Crippen molar-refractivity contribution in [3.8, 4) is 17.1 Å². The van der Waals surface area contributed by atoms with Gasteiger partial charge in [0.15, 0.2) is 11.5 Å². The minimum atomic E-state index is -4.74. The Morgan fingerprint density at radius 2 is 1.75 bits per heavy atom. The molecule has 40 heavy (non-hydrogen) atoms. The van der Waals surface area contributed by atoms with E-state index in [9.17, 15) is 22.8 Å². The van der Waals surface area contributed by atoms with Gasteiger partial charge in [-0.25, -0.2) is 14.5 Å². The molecule has 1 amide bonds. The minimum absolute atomic E-state index is 0.0353. The lowest BCUT2D eigenvalue weighted by Crippen LogP contribution is -2.49. The van der Waals surface area contributed by atoms with Crippen LogP contribution in [0.5, 0.6) is 0 Å². The number of aromatic nitrogens is 3. The number of rotatable bonds is 6. The Labute approximate surface area is 227 Å². The van der Waals surface area contributed by atoms with Crippen molar-refractivity contribution in [2.24, 2.45) is 0 Å². The first-order valence-corrected chi connectivity index (χ1v) is 12.7. The second-order valence-corrected chi connectivity index (χ2v) is 9.16. The number of halogens is 3. The minimum Gasteiger partial charge on any atom is -0.461 e. The van der Waals surface area contributed by atoms with E-state index in [1.165, 1.54) is 11.8 Å². The molecule has 0 radical (unpaired) electrons. The lowest BCUT2D eigenvalue weighted by Gasteiger charge is -2.36. The maximum atomic E-state index is 13.3. The number of amides is 1. The molecule has 4 heterocycles. The summed E-state index contributed by atoms with van der Waals surface area (Å²) in [4.78, 5) is 33.0. The highest BCUT2D eigenvalue weighted by atomic mass is 19.4. The summed E-state index contributed by atoms with van der Waals surface area (Å²) in [6.07, 6.45) is -3.11. The highest BCUT2D eigenvalue weighted by Crippen LogP contribution is 2.35. The molecule has 4 aromatic rings. The standard InChI is InChI=1S/C28H26F3N5O4/c1-3-39-27(38)22-17-23(36(33-22)24-6-4-5-11-32-24)19-7-9-20(10-8-19)34-12-14-35(15-13-34)26(37)21-16-18(2)40-25(21)28(29,30)31/h4-11,16-17H,3,12-15H2,1-2H3. The zero-order chi connectivity index (χ0) is 28.4. The molecule has 0 spiro atoms. The smallest absolute Gasteiger partial charge is 0.450 e. The lowest BCUT2D eigenvalue weighted by atomic mass is 10.1. The van der Waals surface area contributed by atoms with E-state index in [1.807, 2.05) is 30.3 Å². The third kappa shape index (κ3) is 5.42. The van der Waals surface area contributed by atoms with E-state index in [0.29, 0.717) is 24.6 Å². The van der Waals surface area contributed by atoms with E-state index in [4.69, 9.17) is 9.15 Å². The molecule has 1 aromatic carbocycles. The molecule has 0 saturated carbocycles. The number of hydrogen-bond acceptors (Lipinski definition) is 7. The molecule has 0 atom stereocenters. The van der Waals surface area contributed by atoms with Gasteiger partial charge in [-0.2, -0.15) is 18.3 Å². The number of piperazine rings is 1. The van der Waals surface area contributed by atoms with Crippen LogP contribution < -0.4 is 4.90 Å². The zero-order valence-electron chi connectivity index (χ0n) is 21.8. The number of carbonyl (C=O) groups excluding carboxylic acids is 2. The van der Waals surface area contributed by atoms with Gasteiger partial charge in [-0.05, 0) is 50.2 Å². The summed E-state index contributed by atoms with van der Waals surface area (Å²) in [5.74, 6) is -1.91. The second kappa shape index (κ2) is 10.9. The van der Waals surface area contributed by atoms with Crippen LogP contribution in [-0.4, -0.2) is 64.3 Å². The summed E-state index contributed by atoms with van der Waals surface area (Å²) in [6.45, 7) is 4.75. The first kappa shape index (κ1) is 27.0. The first-order valence-electron chi connectivity index (χ1n) is 12.7. The van der Waals surface area contributed by atoms with Crippen molar-refractivity contribution in [2.45, 2.75) is 20.0 Å². The van der Waals surface area contributed by atoms with Gasteiger partial charge in [-0.15, -0.1) is 0 Å². The Morgan fingerprint density at radius 1 is 1.02 bits per heavy atom. The molecular formula is C28H26F3N5O4. The summed E-state index contributed by atoms with van der Waals surface area (Å²) in [5, 5.41) is 4.41. The van der Waals surface area contributed by atoms with Gasteiger partial charge in [-0.3, -0.25) is 4.79 Å². The van der Waals surface area contributed by atoms with Crippen LogP contribution in [0, 0.1) is 6.92 Å². The summed E-state index contributed by atoms with van der Waals surface area (Å²) in [6, 6.07) is 15.8. The molecule has 12 heteroatoms. The van der Waals surface area contributed by atoms with Gasteiger partial charge in [0.25, 0.3) is 5.91 Å². The molecular weight excluding hydrogens is 527 g/mol. The van der Waals surface area contributed by atoms with Crippen LogP contribution in [0.2, 0.25) is 0 Å². The van der Waals surface area contributed by atoms with Gasteiger partial charge < -0.3 is 19.0 Å². The highest BCUT2D eigenvalue weighted by Gasteiger charge is 2.41. The van der Waals surface area contributed by atoms with E-state index in [2.05, 4.69) is 15.0 Å². The fraction of sp³-hybridized carbons (Fsp3) is 0.286. The number of esters is 1. The fourth-order valence-electron chi connectivity index (χ4n) is 4.61. The average molecular weight is 554 g/mol. The highest BCUT2D eigenvalue weighted by molar-refractivity contribution is 5.95. The van der Waals surface area contributed by atoms with Crippen LogP contribution in [0.25, 0.3) is 17.1 Å². The molecule has 0 bridgehead atoms. The number of furan rings is 1. The van der Waals surface area contributed by atoms with Crippen LogP contribution in [-0.2, 0) is 10.9 Å². The van der Waals surface area contributed by atoms with Gasteiger partial charge in [0.1, 0.15) is 5.76 Å². The third-order valence-corrected chi connectivity index (χ3v) is 6.50. The monoisotopic (exact) mass is 553 g/mol. The Morgan fingerprint density at radius 3 is 2.38 bits per heavy atom. The number of pyridine rings is 1. The molecule has 3 aromatic heterocycles. The fourth-order valence-corrected chi connectivity index (χ4v) is 4.61. The number of hydrogen-bond donors (Lipinski definition) is 0. The Bertz CT molecular complexity index is 1510. The number of aryl methyl sites for hydroxylation is 1. The maximum absolute atomic E-state index is 13.3. The van der Waals surface area contributed by atoms with Crippen LogP contribution in [0.3, 0.4) is 0 Å². The molecule has 1 aliphatic rings. The van der Waals surface area contributed by atoms with Gasteiger partial charge in [-0.1, -0.05) is 18.2 Å². The van der Waals surface area contributed by atoms with E-state index < -0.39 is 29.4 Å². The van der Waals surface area contributed by atoms with Gasteiger partial charge in [0.05, 0.1) is 17.9 Å². The number of carbonyl (C=O) groups is 2. The number of ether oxygens (including phenoxy) is 1. The molecule has 1 fully saturated rings. The molecule has 0 aliphatic carbocycles. The lowest BCUT2D eigenvalue weighted by molar-refractivity contribution is -0.153. The van der Waals surface area contributed by atoms with Crippen molar-refractivity contribution in [1.29, 1.82) is 0 Å². The van der Waals surface area contributed by atoms with Gasteiger partial charge in [0.2, 0.25) is 5.76 Å². The largest absolute Gasteiger partial charge is 0.461 e. The predicted molar refractivity (Wildman–Crippen MR) is 139 cm³/mol. The third-order valence-electron chi connectivity index (χ3n) is 6.50. The van der Waals surface area contributed by atoms with E-state index in [-0.39, 0.29) is 31.2 Å². The van der Waals surface area contributed by atoms with Crippen LogP contribution >= 0.6 is 0 Å². The molecule has 0 unspecified atom stereocenters. The second-order valence-electron chi connectivity index (χ2n) is 9.16. The SMILES string of the molecule is CCOC(=O)c1cc(-c2ccc(N3CCN(C(=O)c4cc(C)oc4C(F)(F)F)CC3)cc2)n(-c2ccccn2)n1. The topological polar surface area (TPSA) is 93.7 Å². The van der Waals surface area contributed by atoms with Crippen molar-refractivity contribution in [2.75, 3.05) is 37.7 Å². The predicted octanol–water partition coefficient (Wildman–Crippen LogP) is 4.99. The van der Waals surface area contributed by atoms with E-state index in [1.54, 1.807) is 36.0 Å². The Kier molecular flexibility index (Phi) is 7.33. The van der Waals surface area contributed by atoms with Crippen molar-refractivity contribution in [3.05, 3.63) is 83.6 Å². The Balaban J connectivity index is 1.32. The summed E-state index contributed by atoms with van der Waals surface area (Å²) >= 11 is 0. The number of anilines is 1. The van der Waals surface area contributed by atoms with Crippen molar-refractivity contribution in [3.63, 3.8) is 0 Å². The molecule has 1 aliphatic heterocycles. The van der Waals surface area contributed by atoms with E-state index >= 15 is 0 Å². The summed E-state index contributed by atoms with van der Waals surface area (Å²) in [7, 11) is 0. The summed E-state index contributed by atoms with van der Waals surface area (Å²) in [5.41, 5.74) is 2.03. The number of alkyl halides is 3. The number of nitrogens with zero attached hydrogens (tertiary/aromatic N) is 5. The molecule has 1 saturated heterocycles. The van der Waals surface area contributed by atoms with Crippen molar-refractivity contribution < 1.29 is 31.9 Å². The van der Waals surface area contributed by atoms with Crippen LogP contribution in [0.15, 0.2) is 65.2 Å². The normalized spacial score (nSPS) is 13.9. The first-order chi connectivity index (χ1) is 19.2. The van der Waals surface area contributed by atoms with Crippen LogP contribution in [0.4, 0.5) is 18.9 Å². The van der Waals surface area contributed by atoms with Crippen LogP contribution in [0.1, 0.15) is 39.3 Å². The Hall–Kier alpha value is -4.61. The molecule has 9 nitrogen and oxygen atoms in total. The average Bonchev–Trinajstić information content (AvgIpc) is 3.58. The van der Waals surface area contributed by atoms with Crippen molar-refractivity contribution in [1.82, 2.24) is 19.7 Å². The maximum Gasteiger partial charge on any atom is 0.450 e. The summed E-state index contributed by atoms with van der Waals surface area (Å²) < 4.78 is 51.4. The molecule has 5 rings (SSSR count). The number of benzene rings is 1. The zero-order valence-corrected chi connectivity index (χ0v) is 21.8. The van der Waals surface area contributed by atoms with Gasteiger partial charge >= 0.3 is 12.1 Å². The van der Waals surface area contributed by atoms with Crippen molar-refractivity contribution >= 4 is 17.6 Å². The van der Waals surface area contributed by atoms with Gasteiger partial charge in [0, 0.05) is 43.6 Å².